The molecule has 4 nitrogen and oxygen atoms in total. The molecular weight excluding hydrogens is 252 g/mol. The second-order valence-electron chi connectivity index (χ2n) is 5.81. The second kappa shape index (κ2) is 5.01. The van der Waals surface area contributed by atoms with Gasteiger partial charge in [-0.3, -0.25) is 4.79 Å². The average molecular weight is 270 g/mol. The molecule has 0 amide bonds. The number of hydrogen-bond acceptors (Lipinski definition) is 3. The number of hydrogen-bond donors (Lipinski definition) is 0. The molecule has 104 valence electrons. The first-order chi connectivity index (χ1) is 9.33. The largest absolute Gasteiger partial charge is 0.459 e. The van der Waals surface area contributed by atoms with Crippen molar-refractivity contribution in [1.29, 1.82) is 5.26 Å². The lowest BCUT2D eigenvalue weighted by atomic mass is 10.00. The smallest absolute Gasteiger partial charge is 0.328 e. The molecule has 1 heterocycles. The van der Waals surface area contributed by atoms with E-state index in [2.05, 4.69) is 6.07 Å². The summed E-state index contributed by atoms with van der Waals surface area (Å²) in [5, 5.41) is 10.3. The number of nitrogens with zero attached hydrogens (tertiary/aromatic N) is 2. The van der Waals surface area contributed by atoms with E-state index in [1.807, 2.05) is 42.1 Å². The molecule has 0 aliphatic heterocycles. The number of aromatic nitrogens is 1. The predicted octanol–water partition coefficient (Wildman–Crippen LogP) is 3.13. The fourth-order valence-electron chi connectivity index (χ4n) is 2.21. The van der Waals surface area contributed by atoms with Gasteiger partial charge in [0.2, 0.25) is 0 Å². The number of carbonyl (C=O) groups excluding carboxylic acids is 1. The fourth-order valence-corrected chi connectivity index (χ4v) is 2.21. The molecule has 4 heteroatoms. The number of nitriles is 1. The zero-order chi connectivity index (χ0) is 14.9. The van der Waals surface area contributed by atoms with E-state index < -0.39 is 17.5 Å². The van der Waals surface area contributed by atoms with Crippen LogP contribution in [0.2, 0.25) is 0 Å². The van der Waals surface area contributed by atoms with Gasteiger partial charge in [-0.25, -0.2) is 0 Å². The summed E-state index contributed by atoms with van der Waals surface area (Å²) in [5.41, 5.74) is 1.09. The van der Waals surface area contributed by atoms with Gasteiger partial charge in [0.05, 0.1) is 6.07 Å². The zero-order valence-corrected chi connectivity index (χ0v) is 12.2. The van der Waals surface area contributed by atoms with Crippen molar-refractivity contribution < 1.29 is 9.53 Å². The number of rotatable bonds is 2. The Hall–Kier alpha value is -2.28. The molecule has 0 fully saturated rings. The third-order valence-corrected chi connectivity index (χ3v) is 3.01. The normalized spacial score (nSPS) is 12.9. The Morgan fingerprint density at radius 3 is 2.60 bits per heavy atom. The van der Waals surface area contributed by atoms with E-state index in [1.54, 1.807) is 20.8 Å². The molecule has 0 aliphatic carbocycles. The van der Waals surface area contributed by atoms with Crippen LogP contribution in [-0.2, 0) is 16.6 Å². The Balaban J connectivity index is 2.46. The monoisotopic (exact) mass is 270 g/mol. The number of carbonyl (C=O) groups is 1. The maximum atomic E-state index is 12.2. The Labute approximate surface area is 118 Å². The molecule has 0 aliphatic rings. The van der Waals surface area contributed by atoms with Crippen LogP contribution in [0.3, 0.4) is 0 Å². The van der Waals surface area contributed by atoms with Gasteiger partial charge in [0.15, 0.2) is 5.92 Å². The van der Waals surface area contributed by atoms with Gasteiger partial charge in [-0.2, -0.15) is 5.26 Å². The third-order valence-electron chi connectivity index (χ3n) is 3.01. The lowest BCUT2D eigenvalue weighted by Crippen LogP contribution is -2.27. The number of para-hydroxylation sites is 1. The molecule has 0 radical (unpaired) electrons. The fraction of sp³-hybridized carbons (Fsp3) is 0.375. The first-order valence-corrected chi connectivity index (χ1v) is 6.50. The molecule has 2 rings (SSSR count). The summed E-state index contributed by atoms with van der Waals surface area (Å²) >= 11 is 0. The van der Waals surface area contributed by atoms with Crippen LogP contribution in [0.5, 0.6) is 0 Å². The average Bonchev–Trinajstić information content (AvgIpc) is 2.67. The van der Waals surface area contributed by atoms with E-state index in [4.69, 9.17) is 4.74 Å². The lowest BCUT2D eigenvalue weighted by molar-refractivity contribution is -0.155. The molecule has 1 unspecified atom stereocenters. The molecule has 2 aromatic rings. The molecule has 1 aromatic carbocycles. The molecule has 0 bridgehead atoms. The van der Waals surface area contributed by atoms with Crippen molar-refractivity contribution in [3.63, 3.8) is 0 Å². The van der Waals surface area contributed by atoms with E-state index in [0.717, 1.165) is 10.9 Å². The van der Waals surface area contributed by atoms with Gasteiger partial charge in [0.1, 0.15) is 5.60 Å². The van der Waals surface area contributed by atoms with E-state index in [0.29, 0.717) is 5.56 Å². The standard InChI is InChI=1S/C16H18N2O2/c1-16(2,3)20-15(19)12(9-17)13-10-18(4)14-8-6-5-7-11(13)14/h5-8,10,12H,1-4H3. The predicted molar refractivity (Wildman–Crippen MR) is 77.1 cm³/mol. The van der Waals surface area contributed by atoms with Crippen LogP contribution in [-0.4, -0.2) is 16.1 Å². The molecule has 0 saturated carbocycles. The van der Waals surface area contributed by atoms with Crippen molar-refractivity contribution in [1.82, 2.24) is 4.57 Å². The minimum atomic E-state index is -0.902. The van der Waals surface area contributed by atoms with Crippen molar-refractivity contribution in [2.75, 3.05) is 0 Å². The lowest BCUT2D eigenvalue weighted by Gasteiger charge is -2.21. The Morgan fingerprint density at radius 1 is 1.35 bits per heavy atom. The van der Waals surface area contributed by atoms with Crippen molar-refractivity contribution in [3.05, 3.63) is 36.0 Å². The SMILES string of the molecule is Cn1cc(C(C#N)C(=O)OC(C)(C)C)c2ccccc21. The Morgan fingerprint density at radius 2 is 2.00 bits per heavy atom. The summed E-state index contributed by atoms with van der Waals surface area (Å²) in [5.74, 6) is -1.41. The summed E-state index contributed by atoms with van der Waals surface area (Å²) in [6.45, 7) is 5.38. The highest BCUT2D eigenvalue weighted by molar-refractivity contribution is 5.92. The van der Waals surface area contributed by atoms with Crippen LogP contribution in [0, 0.1) is 11.3 Å². The zero-order valence-electron chi connectivity index (χ0n) is 12.2. The number of benzene rings is 1. The van der Waals surface area contributed by atoms with Gasteiger partial charge in [-0.15, -0.1) is 0 Å². The molecule has 1 atom stereocenters. The van der Waals surface area contributed by atoms with Crippen LogP contribution in [0.1, 0.15) is 32.3 Å². The van der Waals surface area contributed by atoms with Gasteiger partial charge < -0.3 is 9.30 Å². The molecule has 20 heavy (non-hydrogen) atoms. The Kier molecular flexibility index (Phi) is 3.54. The summed E-state index contributed by atoms with van der Waals surface area (Å²) < 4.78 is 7.25. The first kappa shape index (κ1) is 14.1. The van der Waals surface area contributed by atoms with Crippen LogP contribution < -0.4 is 0 Å². The van der Waals surface area contributed by atoms with Gasteiger partial charge in [0, 0.05) is 29.7 Å². The van der Waals surface area contributed by atoms with E-state index >= 15 is 0 Å². The summed E-state index contributed by atoms with van der Waals surface area (Å²) in [6, 6.07) is 9.76. The van der Waals surface area contributed by atoms with Gasteiger partial charge in [0.25, 0.3) is 0 Å². The number of fused-ring (bicyclic) bond motifs is 1. The van der Waals surface area contributed by atoms with E-state index in [9.17, 15) is 10.1 Å². The van der Waals surface area contributed by atoms with Gasteiger partial charge >= 0.3 is 5.97 Å². The van der Waals surface area contributed by atoms with Crippen molar-refractivity contribution in [2.24, 2.45) is 7.05 Å². The highest BCUT2D eigenvalue weighted by atomic mass is 16.6. The molecule has 0 spiro atoms. The maximum Gasteiger partial charge on any atom is 0.328 e. The summed E-state index contributed by atoms with van der Waals surface area (Å²) in [6.07, 6.45) is 1.82. The quantitative estimate of drug-likeness (QED) is 0.788. The van der Waals surface area contributed by atoms with Crippen LogP contribution in [0.25, 0.3) is 10.9 Å². The minimum absolute atomic E-state index is 0.503. The topological polar surface area (TPSA) is 55.0 Å². The third kappa shape index (κ3) is 2.67. The van der Waals surface area contributed by atoms with Crippen LogP contribution in [0.4, 0.5) is 0 Å². The summed E-state index contributed by atoms with van der Waals surface area (Å²) in [7, 11) is 1.90. The van der Waals surface area contributed by atoms with Crippen molar-refractivity contribution in [3.8, 4) is 6.07 Å². The molecule has 1 aromatic heterocycles. The van der Waals surface area contributed by atoms with Gasteiger partial charge in [-0.05, 0) is 26.8 Å². The molecule has 0 saturated heterocycles. The van der Waals surface area contributed by atoms with Gasteiger partial charge in [-0.1, -0.05) is 18.2 Å². The Bertz CT molecular complexity index is 687. The number of aryl methyl sites for hydroxylation is 1. The molecular formula is C16H18N2O2. The first-order valence-electron chi connectivity index (χ1n) is 6.50. The van der Waals surface area contributed by atoms with Crippen LogP contribution >= 0.6 is 0 Å². The number of esters is 1. The molecule has 0 N–H and O–H groups in total. The van der Waals surface area contributed by atoms with E-state index in [1.165, 1.54) is 0 Å². The summed E-state index contributed by atoms with van der Waals surface area (Å²) in [4.78, 5) is 12.2. The van der Waals surface area contributed by atoms with E-state index in [-0.39, 0.29) is 0 Å². The van der Waals surface area contributed by atoms with Crippen LogP contribution in [0.15, 0.2) is 30.5 Å². The van der Waals surface area contributed by atoms with Crippen molar-refractivity contribution in [2.45, 2.75) is 32.3 Å². The highest BCUT2D eigenvalue weighted by Crippen LogP contribution is 2.28. The minimum Gasteiger partial charge on any atom is -0.459 e. The maximum absolute atomic E-state index is 12.2. The number of ether oxygens (including phenoxy) is 1. The highest BCUT2D eigenvalue weighted by Gasteiger charge is 2.28. The second-order valence-corrected chi connectivity index (χ2v) is 5.81. The van der Waals surface area contributed by atoms with Crippen molar-refractivity contribution >= 4 is 16.9 Å².